The van der Waals surface area contributed by atoms with Crippen molar-refractivity contribution in [1.29, 1.82) is 0 Å². The van der Waals surface area contributed by atoms with Gasteiger partial charge in [0.05, 0.1) is 5.69 Å². The molecule has 0 aliphatic rings. The van der Waals surface area contributed by atoms with Gasteiger partial charge in [-0.1, -0.05) is 101 Å². The van der Waals surface area contributed by atoms with E-state index in [4.69, 9.17) is 0 Å². The number of thiophene rings is 1. The van der Waals surface area contributed by atoms with Gasteiger partial charge in [-0.15, -0.1) is 11.3 Å². The van der Waals surface area contributed by atoms with E-state index in [9.17, 15) is 0 Å². The maximum absolute atomic E-state index is 2.41. The fourth-order valence-corrected chi connectivity index (χ4v) is 7.77. The van der Waals surface area contributed by atoms with Crippen molar-refractivity contribution in [3.05, 3.63) is 168 Å². The SMILES string of the molecule is Cc1ccc(N(c2ccc(C)cc2)c2ccc3c(c2)sc2cc(N(c4ccc(C)cc4)c4ccc(C)cc4)c4ccccc4c23)cc1. The Kier molecular flexibility index (Phi) is 7.27. The summed E-state index contributed by atoms with van der Waals surface area (Å²) in [4.78, 5) is 4.77. The summed E-state index contributed by atoms with van der Waals surface area (Å²) in [7, 11) is 0. The number of hydrogen-bond donors (Lipinski definition) is 0. The largest absolute Gasteiger partial charge is 0.310 e. The van der Waals surface area contributed by atoms with Crippen molar-refractivity contribution in [2.45, 2.75) is 27.7 Å². The van der Waals surface area contributed by atoms with E-state index in [2.05, 4.69) is 183 Å². The number of benzene rings is 7. The first-order chi connectivity index (χ1) is 22.9. The van der Waals surface area contributed by atoms with E-state index in [0.29, 0.717) is 0 Å². The molecule has 3 heteroatoms. The first-order valence-electron chi connectivity index (χ1n) is 16.2. The summed E-state index contributed by atoms with van der Waals surface area (Å²) in [5.41, 5.74) is 12.0. The molecule has 0 saturated heterocycles. The molecule has 0 bridgehead atoms. The number of anilines is 6. The molecule has 0 spiro atoms. The van der Waals surface area contributed by atoms with E-state index in [1.54, 1.807) is 0 Å². The Morgan fingerprint density at radius 1 is 0.362 bits per heavy atom. The molecule has 0 saturated carbocycles. The van der Waals surface area contributed by atoms with Gasteiger partial charge in [-0.3, -0.25) is 0 Å². The van der Waals surface area contributed by atoms with Crippen molar-refractivity contribution >= 4 is 76.4 Å². The van der Waals surface area contributed by atoms with Crippen LogP contribution in [0, 0.1) is 27.7 Å². The van der Waals surface area contributed by atoms with E-state index in [1.165, 1.54) is 58.9 Å². The average Bonchev–Trinajstić information content (AvgIpc) is 3.46. The molecule has 2 nitrogen and oxygen atoms in total. The highest BCUT2D eigenvalue weighted by Gasteiger charge is 2.20. The zero-order valence-corrected chi connectivity index (χ0v) is 28.0. The molecule has 1 heterocycles. The van der Waals surface area contributed by atoms with Crippen molar-refractivity contribution in [3.63, 3.8) is 0 Å². The maximum atomic E-state index is 2.41. The molecule has 0 fully saturated rings. The Morgan fingerprint density at radius 3 is 1.28 bits per heavy atom. The highest BCUT2D eigenvalue weighted by atomic mass is 32.1. The highest BCUT2D eigenvalue weighted by Crippen LogP contribution is 2.47. The molecule has 8 aromatic rings. The van der Waals surface area contributed by atoms with E-state index < -0.39 is 0 Å². The monoisotopic (exact) mass is 624 g/mol. The molecule has 0 amide bonds. The Hall–Kier alpha value is -5.38. The van der Waals surface area contributed by atoms with Crippen molar-refractivity contribution in [2.24, 2.45) is 0 Å². The highest BCUT2D eigenvalue weighted by molar-refractivity contribution is 7.26. The van der Waals surface area contributed by atoms with Crippen molar-refractivity contribution in [3.8, 4) is 0 Å². The minimum Gasteiger partial charge on any atom is -0.310 e. The van der Waals surface area contributed by atoms with E-state index >= 15 is 0 Å². The molecule has 0 atom stereocenters. The maximum Gasteiger partial charge on any atom is 0.0554 e. The van der Waals surface area contributed by atoms with Crippen molar-refractivity contribution < 1.29 is 0 Å². The number of aryl methyl sites for hydroxylation is 4. The van der Waals surface area contributed by atoms with Gasteiger partial charge in [-0.2, -0.15) is 0 Å². The van der Waals surface area contributed by atoms with Gasteiger partial charge < -0.3 is 9.80 Å². The normalized spacial score (nSPS) is 11.4. The number of hydrogen-bond acceptors (Lipinski definition) is 3. The zero-order valence-electron chi connectivity index (χ0n) is 27.2. The Bertz CT molecular complexity index is 2280. The summed E-state index contributed by atoms with van der Waals surface area (Å²) in [6.07, 6.45) is 0. The second kappa shape index (κ2) is 11.8. The predicted molar refractivity (Wildman–Crippen MR) is 205 cm³/mol. The van der Waals surface area contributed by atoms with Crippen LogP contribution in [-0.4, -0.2) is 0 Å². The molecular formula is C44H36N2S. The smallest absolute Gasteiger partial charge is 0.0554 e. The lowest BCUT2D eigenvalue weighted by Gasteiger charge is -2.27. The molecule has 8 rings (SSSR count). The van der Waals surface area contributed by atoms with Crippen LogP contribution < -0.4 is 9.80 Å². The molecule has 47 heavy (non-hydrogen) atoms. The summed E-state index contributed by atoms with van der Waals surface area (Å²) in [6, 6.07) is 53.6. The molecule has 7 aromatic carbocycles. The molecule has 1 aromatic heterocycles. The van der Waals surface area contributed by atoms with Gasteiger partial charge in [0.15, 0.2) is 0 Å². The van der Waals surface area contributed by atoms with Crippen molar-refractivity contribution in [1.82, 2.24) is 0 Å². The summed E-state index contributed by atoms with van der Waals surface area (Å²) >= 11 is 1.88. The number of nitrogens with zero attached hydrogens (tertiary/aromatic N) is 2. The van der Waals surface area contributed by atoms with Crippen LogP contribution >= 0.6 is 11.3 Å². The van der Waals surface area contributed by atoms with Gasteiger partial charge in [0, 0.05) is 54.0 Å². The van der Waals surface area contributed by atoms with E-state index in [0.717, 1.165) is 28.4 Å². The first-order valence-corrected chi connectivity index (χ1v) is 17.0. The molecule has 0 aliphatic carbocycles. The molecule has 228 valence electrons. The second-order valence-corrected chi connectivity index (χ2v) is 13.7. The van der Waals surface area contributed by atoms with Gasteiger partial charge >= 0.3 is 0 Å². The quantitative estimate of drug-likeness (QED) is 0.182. The summed E-state index contributed by atoms with van der Waals surface area (Å²) < 4.78 is 2.56. The second-order valence-electron chi connectivity index (χ2n) is 12.6. The van der Waals surface area contributed by atoms with Crippen LogP contribution in [0.3, 0.4) is 0 Å². The van der Waals surface area contributed by atoms with Gasteiger partial charge in [0.1, 0.15) is 0 Å². The van der Waals surface area contributed by atoms with Crippen molar-refractivity contribution in [2.75, 3.05) is 9.80 Å². The van der Waals surface area contributed by atoms with Crippen LogP contribution in [0.2, 0.25) is 0 Å². The number of fused-ring (bicyclic) bond motifs is 5. The first kappa shape index (κ1) is 29.1. The predicted octanol–water partition coefficient (Wildman–Crippen LogP) is 13.4. The van der Waals surface area contributed by atoms with Crippen LogP contribution in [0.4, 0.5) is 34.1 Å². The Morgan fingerprint density at radius 2 is 0.787 bits per heavy atom. The molecule has 0 aliphatic heterocycles. The molecular weight excluding hydrogens is 589 g/mol. The fraction of sp³-hybridized carbons (Fsp3) is 0.0909. The number of rotatable bonds is 6. The van der Waals surface area contributed by atoms with E-state index in [1.807, 2.05) is 11.3 Å². The molecule has 0 unspecified atom stereocenters. The van der Waals surface area contributed by atoms with Gasteiger partial charge in [-0.05, 0) is 99.8 Å². The zero-order chi connectivity index (χ0) is 32.1. The summed E-state index contributed by atoms with van der Waals surface area (Å²) in [5, 5.41) is 5.13. The summed E-state index contributed by atoms with van der Waals surface area (Å²) in [6.45, 7) is 8.57. The fourth-order valence-electron chi connectivity index (χ4n) is 6.58. The van der Waals surface area contributed by atoms with Crippen LogP contribution in [0.1, 0.15) is 22.3 Å². The molecule has 0 N–H and O–H groups in total. The lowest BCUT2D eigenvalue weighted by Crippen LogP contribution is -2.10. The minimum atomic E-state index is 1.15. The van der Waals surface area contributed by atoms with Gasteiger partial charge in [0.2, 0.25) is 0 Å². The van der Waals surface area contributed by atoms with Crippen LogP contribution in [0.25, 0.3) is 30.9 Å². The lowest BCUT2D eigenvalue weighted by molar-refractivity contribution is 1.27. The molecule has 0 radical (unpaired) electrons. The third-order valence-electron chi connectivity index (χ3n) is 9.11. The topological polar surface area (TPSA) is 6.48 Å². The average molecular weight is 625 g/mol. The summed E-state index contributed by atoms with van der Waals surface area (Å²) in [5.74, 6) is 0. The Labute approximate surface area is 280 Å². The van der Waals surface area contributed by atoms with E-state index in [-0.39, 0.29) is 0 Å². The van der Waals surface area contributed by atoms with Crippen LogP contribution in [-0.2, 0) is 0 Å². The standard InChI is InChI=1S/C44H36N2S/c1-29-9-17-33(18-10-29)45(34-19-11-30(2)12-20-34)37-25-26-40-42(27-37)47-43-28-41(38-7-5-6-8-39(38)44(40)43)46(35-21-13-31(3)14-22-35)36-23-15-32(4)16-24-36/h5-28H,1-4H3. The minimum absolute atomic E-state index is 1.15. The van der Waals surface area contributed by atoms with Crippen LogP contribution in [0.15, 0.2) is 146 Å². The third kappa shape index (κ3) is 5.33. The van der Waals surface area contributed by atoms with Gasteiger partial charge in [0.25, 0.3) is 0 Å². The lowest BCUT2D eigenvalue weighted by atomic mass is 10.0. The third-order valence-corrected chi connectivity index (χ3v) is 10.2. The van der Waals surface area contributed by atoms with Crippen LogP contribution in [0.5, 0.6) is 0 Å². The Balaban J connectivity index is 1.35. The van der Waals surface area contributed by atoms with Gasteiger partial charge in [-0.25, -0.2) is 0 Å².